The van der Waals surface area contributed by atoms with Gasteiger partial charge in [-0.25, -0.2) is 9.97 Å². The first-order valence-electron chi connectivity index (χ1n) is 11.4. The maximum Gasteiger partial charge on any atom is 0.224 e. The van der Waals surface area contributed by atoms with Crippen molar-refractivity contribution in [2.24, 2.45) is 0 Å². The molecule has 6 nitrogen and oxygen atoms in total. The fourth-order valence-corrected chi connectivity index (χ4v) is 4.76. The van der Waals surface area contributed by atoms with Gasteiger partial charge in [0.25, 0.3) is 0 Å². The van der Waals surface area contributed by atoms with Gasteiger partial charge in [-0.3, -0.25) is 4.90 Å². The van der Waals surface area contributed by atoms with Crippen LogP contribution in [0.5, 0.6) is 5.75 Å². The molecule has 5 rings (SSSR count). The molecule has 3 heterocycles. The Bertz CT molecular complexity index is 1240. The summed E-state index contributed by atoms with van der Waals surface area (Å²) in [7, 11) is 1.69. The van der Waals surface area contributed by atoms with Crippen LogP contribution in [0.15, 0.2) is 54.7 Å². The standard InChI is InChI=1S/C26H28ClN5O/c1-33-20-7-8-21-19(16-29-24(21)15-20)9-12-28-25-22-10-13-32(17-18-5-3-2-4-6-18)14-11-23(22)30-26(27)31-25/h2-8,15-16,29H,9-14,17H2,1H3,(H,28,30,31). The molecule has 0 unspecified atom stereocenters. The third-order valence-corrected chi connectivity index (χ3v) is 6.49. The molecule has 1 aliphatic heterocycles. The van der Waals surface area contributed by atoms with Crippen molar-refractivity contribution in [2.45, 2.75) is 25.8 Å². The number of methoxy groups -OCH3 is 1. The number of H-pyrrole nitrogens is 1. The Balaban J connectivity index is 1.26. The predicted octanol–water partition coefficient (Wildman–Crippen LogP) is 4.88. The molecule has 33 heavy (non-hydrogen) atoms. The Labute approximate surface area is 199 Å². The Kier molecular flexibility index (Phi) is 6.46. The van der Waals surface area contributed by atoms with Crippen molar-refractivity contribution in [3.63, 3.8) is 0 Å². The van der Waals surface area contributed by atoms with E-state index in [0.717, 1.165) is 68.2 Å². The number of ether oxygens (including phenoxy) is 1. The Morgan fingerprint density at radius 1 is 1.09 bits per heavy atom. The predicted molar refractivity (Wildman–Crippen MR) is 133 cm³/mol. The third-order valence-electron chi connectivity index (χ3n) is 6.32. The van der Waals surface area contributed by atoms with Crippen LogP contribution in [0.3, 0.4) is 0 Å². The van der Waals surface area contributed by atoms with Gasteiger partial charge < -0.3 is 15.0 Å². The lowest BCUT2D eigenvalue weighted by Crippen LogP contribution is -2.25. The highest BCUT2D eigenvalue weighted by molar-refractivity contribution is 6.28. The second-order valence-corrected chi connectivity index (χ2v) is 8.77. The number of aromatic nitrogens is 3. The molecule has 0 saturated heterocycles. The molecule has 0 amide bonds. The van der Waals surface area contributed by atoms with Crippen molar-refractivity contribution in [2.75, 3.05) is 32.1 Å². The van der Waals surface area contributed by atoms with Gasteiger partial charge in [0.15, 0.2) is 0 Å². The van der Waals surface area contributed by atoms with E-state index in [0.29, 0.717) is 5.28 Å². The molecular formula is C26H28ClN5O. The number of rotatable bonds is 7. The van der Waals surface area contributed by atoms with Gasteiger partial charge in [0.2, 0.25) is 5.28 Å². The van der Waals surface area contributed by atoms with Crippen LogP contribution in [0.4, 0.5) is 5.82 Å². The normalized spacial score (nSPS) is 14.1. The monoisotopic (exact) mass is 461 g/mol. The number of halogens is 1. The molecule has 2 aromatic carbocycles. The minimum absolute atomic E-state index is 0.312. The number of benzene rings is 2. The van der Waals surface area contributed by atoms with Crippen molar-refractivity contribution in [3.05, 3.63) is 82.4 Å². The van der Waals surface area contributed by atoms with Crippen molar-refractivity contribution in [3.8, 4) is 5.75 Å². The van der Waals surface area contributed by atoms with Crippen LogP contribution in [0.1, 0.15) is 22.4 Å². The molecule has 0 atom stereocenters. The highest BCUT2D eigenvalue weighted by Crippen LogP contribution is 2.26. The van der Waals surface area contributed by atoms with Gasteiger partial charge >= 0.3 is 0 Å². The van der Waals surface area contributed by atoms with E-state index in [-0.39, 0.29) is 0 Å². The molecule has 0 saturated carbocycles. The number of aromatic amines is 1. The summed E-state index contributed by atoms with van der Waals surface area (Å²) in [5, 5.41) is 5.07. The van der Waals surface area contributed by atoms with Crippen molar-refractivity contribution in [1.82, 2.24) is 19.9 Å². The molecule has 0 radical (unpaired) electrons. The fourth-order valence-electron chi connectivity index (χ4n) is 4.58. The number of hydrogen-bond donors (Lipinski definition) is 2. The zero-order chi connectivity index (χ0) is 22.6. The molecule has 2 aromatic heterocycles. The molecule has 4 aromatic rings. The average molecular weight is 462 g/mol. The maximum absolute atomic E-state index is 6.29. The van der Waals surface area contributed by atoms with Crippen LogP contribution in [0.2, 0.25) is 5.28 Å². The number of nitrogens with zero attached hydrogens (tertiary/aromatic N) is 3. The second-order valence-electron chi connectivity index (χ2n) is 8.43. The highest BCUT2D eigenvalue weighted by atomic mass is 35.5. The fraction of sp³-hybridized carbons (Fsp3) is 0.308. The average Bonchev–Trinajstić information content (AvgIpc) is 3.13. The summed E-state index contributed by atoms with van der Waals surface area (Å²) in [5.74, 6) is 1.72. The molecular weight excluding hydrogens is 434 g/mol. The number of anilines is 1. The van der Waals surface area contributed by atoms with Crippen LogP contribution in [-0.2, 0) is 25.8 Å². The van der Waals surface area contributed by atoms with Gasteiger partial charge in [0, 0.05) is 61.3 Å². The van der Waals surface area contributed by atoms with Crippen LogP contribution in [0.25, 0.3) is 10.9 Å². The smallest absolute Gasteiger partial charge is 0.224 e. The van der Waals surface area contributed by atoms with Gasteiger partial charge in [-0.05, 0) is 47.7 Å². The molecule has 0 bridgehead atoms. The largest absolute Gasteiger partial charge is 0.497 e. The summed E-state index contributed by atoms with van der Waals surface area (Å²) < 4.78 is 5.32. The second kappa shape index (κ2) is 9.81. The minimum Gasteiger partial charge on any atom is -0.497 e. The van der Waals surface area contributed by atoms with Crippen molar-refractivity contribution < 1.29 is 4.74 Å². The van der Waals surface area contributed by atoms with Crippen LogP contribution >= 0.6 is 11.6 Å². The van der Waals surface area contributed by atoms with Crippen LogP contribution in [0, 0.1) is 0 Å². The molecule has 170 valence electrons. The lowest BCUT2D eigenvalue weighted by atomic mass is 10.1. The molecule has 0 aliphatic carbocycles. The summed E-state index contributed by atoms with van der Waals surface area (Å²) in [6, 6.07) is 16.7. The van der Waals surface area contributed by atoms with E-state index < -0.39 is 0 Å². The van der Waals surface area contributed by atoms with E-state index in [1.165, 1.54) is 22.1 Å². The van der Waals surface area contributed by atoms with Gasteiger partial charge in [0.1, 0.15) is 11.6 Å². The zero-order valence-electron chi connectivity index (χ0n) is 18.8. The third kappa shape index (κ3) is 4.97. The zero-order valence-corrected chi connectivity index (χ0v) is 19.5. The van der Waals surface area contributed by atoms with E-state index in [2.05, 4.69) is 67.8 Å². The molecule has 7 heteroatoms. The van der Waals surface area contributed by atoms with Gasteiger partial charge in [0.05, 0.1) is 12.8 Å². The molecule has 0 fully saturated rings. The summed E-state index contributed by atoms with van der Waals surface area (Å²) in [6.07, 6.45) is 4.74. The van der Waals surface area contributed by atoms with E-state index in [4.69, 9.17) is 16.3 Å². The van der Waals surface area contributed by atoms with Crippen molar-refractivity contribution >= 4 is 28.3 Å². The number of hydrogen-bond acceptors (Lipinski definition) is 5. The Morgan fingerprint density at radius 3 is 2.79 bits per heavy atom. The molecule has 2 N–H and O–H groups in total. The quantitative estimate of drug-likeness (QED) is 0.384. The maximum atomic E-state index is 6.29. The topological polar surface area (TPSA) is 66.1 Å². The summed E-state index contributed by atoms with van der Waals surface area (Å²) >= 11 is 6.29. The minimum atomic E-state index is 0.312. The Morgan fingerprint density at radius 2 is 1.94 bits per heavy atom. The number of nitrogens with one attached hydrogen (secondary N) is 2. The molecule has 1 aliphatic rings. The first-order valence-corrected chi connectivity index (χ1v) is 11.8. The van der Waals surface area contributed by atoms with Gasteiger partial charge in [-0.1, -0.05) is 30.3 Å². The first kappa shape index (κ1) is 21.7. The summed E-state index contributed by atoms with van der Waals surface area (Å²) in [4.78, 5) is 14.9. The molecule has 0 spiro atoms. The van der Waals surface area contributed by atoms with E-state index in [9.17, 15) is 0 Å². The first-order chi connectivity index (χ1) is 16.2. The summed E-state index contributed by atoms with van der Waals surface area (Å²) in [6.45, 7) is 3.66. The van der Waals surface area contributed by atoms with Crippen LogP contribution < -0.4 is 10.1 Å². The van der Waals surface area contributed by atoms with Crippen LogP contribution in [-0.4, -0.2) is 46.6 Å². The summed E-state index contributed by atoms with van der Waals surface area (Å²) in [5.41, 5.74) is 5.94. The van der Waals surface area contributed by atoms with E-state index in [1.807, 2.05) is 12.1 Å². The van der Waals surface area contributed by atoms with Crippen molar-refractivity contribution in [1.29, 1.82) is 0 Å². The van der Waals surface area contributed by atoms with E-state index >= 15 is 0 Å². The van der Waals surface area contributed by atoms with Gasteiger partial charge in [-0.2, -0.15) is 0 Å². The number of fused-ring (bicyclic) bond motifs is 2. The lowest BCUT2D eigenvalue weighted by molar-refractivity contribution is 0.279. The Hall–Kier alpha value is -3.09. The van der Waals surface area contributed by atoms with E-state index in [1.54, 1.807) is 7.11 Å². The SMILES string of the molecule is COc1ccc2c(CCNc3nc(Cl)nc4c3CCN(Cc3ccccc3)CC4)c[nH]c2c1. The van der Waals surface area contributed by atoms with Gasteiger partial charge in [-0.15, -0.1) is 0 Å². The lowest BCUT2D eigenvalue weighted by Gasteiger charge is -2.19. The highest BCUT2D eigenvalue weighted by Gasteiger charge is 2.20.